The molecule has 1 aliphatic carbocycles. The predicted octanol–water partition coefficient (Wildman–Crippen LogP) is 5.24. The van der Waals surface area contributed by atoms with Crippen LogP contribution in [0, 0.1) is 16.7 Å². The first kappa shape index (κ1) is 46.0. The largest absolute Gasteiger partial charge is 0.464 e. The van der Waals surface area contributed by atoms with Gasteiger partial charge in [-0.3, -0.25) is 29.2 Å². The summed E-state index contributed by atoms with van der Waals surface area (Å²) in [6, 6.07) is -1.64. The van der Waals surface area contributed by atoms with Gasteiger partial charge in [-0.05, 0) is 112 Å². The topological polar surface area (TPSA) is 128 Å². The molecule has 5 rings (SSSR count). The van der Waals surface area contributed by atoms with Crippen LogP contribution < -0.4 is 21.4 Å². The van der Waals surface area contributed by atoms with E-state index in [1.165, 1.54) is 5.57 Å². The van der Waals surface area contributed by atoms with E-state index >= 15 is 0 Å². The third kappa shape index (κ3) is 12.7. The summed E-state index contributed by atoms with van der Waals surface area (Å²) in [7, 11) is 1.68. The molecule has 12 nitrogen and oxygen atoms in total. The zero-order valence-electron chi connectivity index (χ0n) is 36.7. The van der Waals surface area contributed by atoms with E-state index in [1.807, 2.05) is 13.0 Å². The van der Waals surface area contributed by atoms with E-state index in [0.717, 1.165) is 121 Å². The molecule has 4 aliphatic heterocycles. The van der Waals surface area contributed by atoms with Crippen LogP contribution in [0.25, 0.3) is 0 Å². The van der Waals surface area contributed by atoms with Crippen molar-refractivity contribution >= 4 is 17.8 Å². The zero-order valence-corrected chi connectivity index (χ0v) is 36.7. The Morgan fingerprint density at radius 3 is 2.62 bits per heavy atom. The Labute approximate surface area is 350 Å². The van der Waals surface area contributed by atoms with Gasteiger partial charge in [-0.15, -0.1) is 0 Å². The van der Waals surface area contributed by atoms with E-state index in [1.54, 1.807) is 12.1 Å². The molecule has 326 valence electrons. The lowest BCUT2D eigenvalue weighted by molar-refractivity contribution is -0.155. The third-order valence-corrected chi connectivity index (χ3v) is 13.4. The first-order chi connectivity index (χ1) is 27.9. The molecule has 4 N–H and O–H groups in total. The van der Waals surface area contributed by atoms with Gasteiger partial charge >= 0.3 is 5.97 Å². The van der Waals surface area contributed by atoms with Crippen LogP contribution >= 0.6 is 0 Å². The van der Waals surface area contributed by atoms with Gasteiger partial charge in [0.05, 0.1) is 18.8 Å². The molecule has 4 fully saturated rings. The summed E-state index contributed by atoms with van der Waals surface area (Å²) >= 11 is 0. The number of nitrogens with one attached hydrogen (secondary N) is 4. The summed E-state index contributed by atoms with van der Waals surface area (Å²) in [6.07, 6.45) is 18.9. The average molecular weight is 808 g/mol. The normalized spacial score (nSPS) is 25.3. The minimum Gasteiger partial charge on any atom is -0.464 e. The Kier molecular flexibility index (Phi) is 17.5. The number of nitrogens with zero attached hydrogens (tertiary/aromatic N) is 3. The fourth-order valence-corrected chi connectivity index (χ4v) is 9.83. The number of rotatable bonds is 21. The number of unbranched alkanes of at least 4 members (excludes halogenated alkanes) is 1. The van der Waals surface area contributed by atoms with Crippen molar-refractivity contribution in [2.75, 3.05) is 72.6 Å². The molecular weight excluding hydrogens is 731 g/mol. The maximum Gasteiger partial charge on any atom is 0.324 e. The van der Waals surface area contributed by atoms with Gasteiger partial charge in [0.1, 0.15) is 12.1 Å². The van der Waals surface area contributed by atoms with Crippen LogP contribution in [0.4, 0.5) is 0 Å². The van der Waals surface area contributed by atoms with Crippen molar-refractivity contribution in [3.8, 4) is 0 Å². The van der Waals surface area contributed by atoms with Gasteiger partial charge in [0.15, 0.2) is 0 Å². The van der Waals surface area contributed by atoms with Crippen molar-refractivity contribution < 1.29 is 23.9 Å². The minimum absolute atomic E-state index is 0.0324. The van der Waals surface area contributed by atoms with Crippen LogP contribution in [0.5, 0.6) is 0 Å². The van der Waals surface area contributed by atoms with E-state index in [0.29, 0.717) is 39.1 Å². The number of hydrogen-bond donors (Lipinski definition) is 4. The highest BCUT2D eigenvalue weighted by Crippen LogP contribution is 2.40. The summed E-state index contributed by atoms with van der Waals surface area (Å²) in [5.74, 6) is -0.277. The van der Waals surface area contributed by atoms with Gasteiger partial charge in [0, 0.05) is 58.6 Å². The maximum atomic E-state index is 14.7. The molecule has 0 bridgehead atoms. The molecule has 0 radical (unpaired) electrons. The molecule has 3 saturated heterocycles. The second-order valence-electron chi connectivity index (χ2n) is 18.6. The number of amides is 2. The number of methoxy groups -OCH3 is 1. The van der Waals surface area contributed by atoms with Gasteiger partial charge in [-0.25, -0.2) is 5.43 Å². The van der Waals surface area contributed by atoms with Crippen molar-refractivity contribution in [3.05, 3.63) is 48.2 Å². The molecule has 5 aliphatic rings. The average Bonchev–Trinajstić information content (AvgIpc) is 4.02. The Bertz CT molecular complexity index is 1470. The summed E-state index contributed by atoms with van der Waals surface area (Å²) < 4.78 is 11.2. The fraction of sp³-hybridized carbons (Fsp3) is 0.761. The van der Waals surface area contributed by atoms with Gasteiger partial charge < -0.3 is 25.4 Å². The Morgan fingerprint density at radius 2 is 1.91 bits per heavy atom. The van der Waals surface area contributed by atoms with E-state index < -0.39 is 12.1 Å². The first-order valence-electron chi connectivity index (χ1n) is 22.6. The monoisotopic (exact) mass is 808 g/mol. The van der Waals surface area contributed by atoms with E-state index in [2.05, 4.69) is 77.3 Å². The third-order valence-electron chi connectivity index (χ3n) is 13.4. The van der Waals surface area contributed by atoms with Crippen LogP contribution in [0.2, 0.25) is 0 Å². The summed E-state index contributed by atoms with van der Waals surface area (Å²) in [5.41, 5.74) is 6.54. The van der Waals surface area contributed by atoms with E-state index in [9.17, 15) is 14.4 Å². The number of carbonyl (C=O) groups is 3. The molecular formula is C46H77N7O5. The number of hydrazine groups is 1. The smallest absolute Gasteiger partial charge is 0.324 e. The number of esters is 1. The van der Waals surface area contributed by atoms with Crippen molar-refractivity contribution in [2.45, 2.75) is 135 Å². The Hall–Kier alpha value is -3.03. The van der Waals surface area contributed by atoms with Gasteiger partial charge in [0.2, 0.25) is 5.91 Å². The number of ether oxygens (including phenoxy) is 2. The number of likely N-dealkylation sites (tertiary alicyclic amines) is 1. The van der Waals surface area contributed by atoms with Crippen molar-refractivity contribution in [3.63, 3.8) is 0 Å². The van der Waals surface area contributed by atoms with Crippen LogP contribution in [0.15, 0.2) is 48.2 Å². The molecule has 12 heteroatoms. The predicted molar refractivity (Wildman–Crippen MR) is 232 cm³/mol. The quantitative estimate of drug-likeness (QED) is 0.0695. The SMILES string of the molecule is C=C/C(=C\CCCNC(=C)[C@H](C)OC)C1=CCCN(C[C@H](NC(=O)[C@H](C2CCCC2)N2CC[C@]3(CCNC3)C2)C(=O)N2CCC[C@@H](C(=O)OCC(C)(C)CCC)N2)C1. The molecule has 0 aromatic rings. The lowest BCUT2D eigenvalue weighted by Gasteiger charge is -2.39. The lowest BCUT2D eigenvalue weighted by atomic mass is 9.86. The van der Waals surface area contributed by atoms with E-state index in [4.69, 9.17) is 9.47 Å². The Morgan fingerprint density at radius 1 is 1.12 bits per heavy atom. The molecule has 1 spiro atoms. The molecule has 1 saturated carbocycles. The van der Waals surface area contributed by atoms with Crippen molar-refractivity contribution in [2.24, 2.45) is 16.7 Å². The lowest BCUT2D eigenvalue weighted by Crippen LogP contribution is -2.63. The number of hydrogen-bond acceptors (Lipinski definition) is 10. The van der Waals surface area contributed by atoms with E-state index in [-0.39, 0.29) is 46.7 Å². The molecule has 2 amide bonds. The highest BCUT2D eigenvalue weighted by Gasteiger charge is 2.47. The molecule has 0 aromatic carbocycles. The van der Waals surface area contributed by atoms with Crippen LogP contribution in [0.3, 0.4) is 0 Å². The maximum absolute atomic E-state index is 14.7. The molecule has 58 heavy (non-hydrogen) atoms. The highest BCUT2D eigenvalue weighted by atomic mass is 16.5. The fourth-order valence-electron chi connectivity index (χ4n) is 9.83. The first-order valence-corrected chi connectivity index (χ1v) is 22.6. The minimum atomic E-state index is -0.781. The molecule has 0 aromatic heterocycles. The Balaban J connectivity index is 1.29. The number of carbonyl (C=O) groups excluding carboxylic acids is 3. The summed E-state index contributed by atoms with van der Waals surface area (Å²) in [4.78, 5) is 47.5. The van der Waals surface area contributed by atoms with Crippen LogP contribution in [-0.4, -0.2) is 129 Å². The van der Waals surface area contributed by atoms with Gasteiger partial charge in [-0.1, -0.05) is 71.4 Å². The standard InChI is InChI=1S/C46H77N7O5/c1-8-21-45(5,6)33-58-44(56)39-20-15-27-53(50-39)43(55)40(49-42(54)41(37-17-10-11-18-37)52-28-23-46(32-52)22-25-47-31-46)30-51-26-14-19-38(29-51)36(9-2)16-12-13-24-48-34(3)35(4)57-7/h9,16,19,35,37,39-41,47-48,50H,2-3,8,10-15,17-18,20-33H2,1,4-7H3,(H,49,54)/b36-16+/t35-,39-,40-,41-,46-/m0/s1. The van der Waals surface area contributed by atoms with Crippen LogP contribution in [-0.2, 0) is 23.9 Å². The highest BCUT2D eigenvalue weighted by molar-refractivity contribution is 5.90. The zero-order chi connectivity index (χ0) is 41.7. The second-order valence-corrected chi connectivity index (χ2v) is 18.6. The van der Waals surface area contributed by atoms with Gasteiger partial charge in [0.25, 0.3) is 5.91 Å². The summed E-state index contributed by atoms with van der Waals surface area (Å²) in [5, 5.41) is 11.9. The molecule has 4 heterocycles. The van der Waals surface area contributed by atoms with Gasteiger partial charge in [-0.2, -0.15) is 0 Å². The van der Waals surface area contributed by atoms with Crippen molar-refractivity contribution in [1.82, 2.24) is 36.2 Å². The van der Waals surface area contributed by atoms with Crippen LogP contribution in [0.1, 0.15) is 111 Å². The summed E-state index contributed by atoms with van der Waals surface area (Å²) in [6.45, 7) is 23.9. The second kappa shape index (κ2) is 22.0. The number of allylic oxidation sites excluding steroid dienone is 2. The molecule has 0 unspecified atom stereocenters. The molecule has 5 atom stereocenters. The van der Waals surface area contributed by atoms with Crippen molar-refractivity contribution in [1.29, 1.82) is 0 Å².